The highest BCUT2D eigenvalue weighted by atomic mass is 32.2. The molecule has 0 amide bonds. The normalized spacial score (nSPS) is 15.8. The largest absolute Gasteiger partial charge is 0.495 e. The van der Waals surface area contributed by atoms with Gasteiger partial charge in [-0.05, 0) is 18.2 Å². The molecule has 1 aliphatic rings. The Labute approximate surface area is 110 Å². The fourth-order valence-electron chi connectivity index (χ4n) is 1.61. The summed E-state index contributed by atoms with van der Waals surface area (Å²) < 4.78 is 36.6. The second-order valence-corrected chi connectivity index (χ2v) is 5.71. The summed E-state index contributed by atoms with van der Waals surface area (Å²) in [6, 6.07) is 3.38. The Morgan fingerprint density at radius 3 is 2.63 bits per heavy atom. The third-order valence-corrected chi connectivity index (χ3v) is 4.20. The molecule has 1 aromatic rings. The van der Waals surface area contributed by atoms with Crippen LogP contribution in [0, 0.1) is 0 Å². The number of nitrogens with one attached hydrogen (secondary N) is 1. The van der Waals surface area contributed by atoms with Crippen molar-refractivity contribution in [2.45, 2.75) is 10.9 Å². The van der Waals surface area contributed by atoms with Crippen LogP contribution < -0.4 is 9.46 Å². The van der Waals surface area contributed by atoms with Gasteiger partial charge in [0, 0.05) is 0 Å². The quantitative estimate of drug-likeness (QED) is 0.794. The Kier molecular flexibility index (Phi) is 3.74. The van der Waals surface area contributed by atoms with Gasteiger partial charge in [0.05, 0.1) is 31.9 Å². The smallest absolute Gasteiger partial charge is 0.335 e. The number of carboxylic acid groups (broad SMARTS) is 1. The fourth-order valence-corrected chi connectivity index (χ4v) is 3.01. The van der Waals surface area contributed by atoms with Gasteiger partial charge in [-0.2, -0.15) is 0 Å². The molecule has 1 aromatic carbocycles. The van der Waals surface area contributed by atoms with Crippen molar-refractivity contribution in [3.05, 3.63) is 23.8 Å². The standard InChI is InChI=1S/C11H13NO6S/c1-17-9-3-2-7(11(13)14)4-10(9)19(15,16)12-8-5-18-6-8/h2-4,8,12H,5-6H2,1H3,(H,13,14). The average molecular weight is 287 g/mol. The van der Waals surface area contributed by atoms with E-state index < -0.39 is 16.0 Å². The van der Waals surface area contributed by atoms with E-state index in [-0.39, 0.29) is 22.3 Å². The van der Waals surface area contributed by atoms with Crippen LogP contribution in [0.4, 0.5) is 0 Å². The molecule has 1 saturated heterocycles. The van der Waals surface area contributed by atoms with Crippen molar-refractivity contribution in [2.24, 2.45) is 0 Å². The van der Waals surface area contributed by atoms with Crippen molar-refractivity contribution >= 4 is 16.0 Å². The average Bonchev–Trinajstić information content (AvgIpc) is 2.33. The molecule has 19 heavy (non-hydrogen) atoms. The molecular weight excluding hydrogens is 274 g/mol. The number of ether oxygens (including phenoxy) is 2. The predicted octanol–water partition coefficient (Wildman–Crippen LogP) is 0.0705. The van der Waals surface area contributed by atoms with Crippen LogP contribution in [-0.4, -0.2) is 45.9 Å². The van der Waals surface area contributed by atoms with E-state index in [9.17, 15) is 13.2 Å². The number of carboxylic acids is 1. The lowest BCUT2D eigenvalue weighted by molar-refractivity contribution is 0.00480. The van der Waals surface area contributed by atoms with Crippen LogP contribution in [0.3, 0.4) is 0 Å². The van der Waals surface area contributed by atoms with Gasteiger partial charge >= 0.3 is 5.97 Å². The van der Waals surface area contributed by atoms with Gasteiger partial charge in [-0.1, -0.05) is 0 Å². The van der Waals surface area contributed by atoms with Gasteiger partial charge in [-0.3, -0.25) is 0 Å². The molecule has 1 heterocycles. The first-order valence-corrected chi connectivity index (χ1v) is 6.94. The van der Waals surface area contributed by atoms with Crippen LogP contribution in [0.25, 0.3) is 0 Å². The van der Waals surface area contributed by atoms with E-state index in [2.05, 4.69) is 4.72 Å². The first-order valence-electron chi connectivity index (χ1n) is 5.45. The minimum atomic E-state index is -3.84. The lowest BCUT2D eigenvalue weighted by atomic mass is 10.2. The highest BCUT2D eigenvalue weighted by Gasteiger charge is 2.28. The Balaban J connectivity index is 2.39. The molecule has 2 N–H and O–H groups in total. The van der Waals surface area contributed by atoms with Gasteiger partial charge in [0.25, 0.3) is 0 Å². The van der Waals surface area contributed by atoms with E-state index in [1.165, 1.54) is 19.2 Å². The Bertz CT molecular complexity index is 593. The van der Waals surface area contributed by atoms with E-state index in [1.54, 1.807) is 0 Å². The molecule has 1 fully saturated rings. The monoisotopic (exact) mass is 287 g/mol. The first kappa shape index (κ1) is 13.8. The van der Waals surface area contributed by atoms with Crippen LogP contribution in [-0.2, 0) is 14.8 Å². The molecule has 0 saturated carbocycles. The van der Waals surface area contributed by atoms with E-state index in [0.717, 1.165) is 6.07 Å². The SMILES string of the molecule is COc1ccc(C(=O)O)cc1S(=O)(=O)NC1COC1. The fraction of sp³-hybridized carbons (Fsp3) is 0.364. The highest BCUT2D eigenvalue weighted by molar-refractivity contribution is 7.89. The molecule has 104 valence electrons. The summed E-state index contributed by atoms with van der Waals surface area (Å²) in [6.45, 7) is 0.611. The van der Waals surface area contributed by atoms with Crippen molar-refractivity contribution in [3.8, 4) is 5.75 Å². The number of hydrogen-bond donors (Lipinski definition) is 2. The minimum absolute atomic E-state index is 0.0951. The minimum Gasteiger partial charge on any atom is -0.495 e. The number of methoxy groups -OCH3 is 1. The van der Waals surface area contributed by atoms with Gasteiger partial charge in [-0.25, -0.2) is 17.9 Å². The zero-order valence-electron chi connectivity index (χ0n) is 10.1. The second-order valence-electron chi connectivity index (χ2n) is 4.03. The zero-order valence-corrected chi connectivity index (χ0v) is 10.9. The molecule has 8 heteroatoms. The van der Waals surface area contributed by atoms with E-state index in [1.807, 2.05) is 0 Å². The Hall–Kier alpha value is -1.64. The number of rotatable bonds is 5. The maximum absolute atomic E-state index is 12.2. The molecule has 0 aliphatic carbocycles. The molecule has 0 radical (unpaired) electrons. The van der Waals surface area contributed by atoms with Gasteiger partial charge < -0.3 is 14.6 Å². The maximum Gasteiger partial charge on any atom is 0.335 e. The van der Waals surface area contributed by atoms with Crippen LogP contribution in [0.1, 0.15) is 10.4 Å². The van der Waals surface area contributed by atoms with E-state index >= 15 is 0 Å². The Morgan fingerprint density at radius 2 is 2.16 bits per heavy atom. The third-order valence-electron chi connectivity index (χ3n) is 2.66. The summed E-state index contributed by atoms with van der Waals surface area (Å²) in [5.74, 6) is -1.11. The molecule has 7 nitrogen and oxygen atoms in total. The van der Waals surface area contributed by atoms with Crippen LogP contribution in [0.15, 0.2) is 23.1 Å². The molecule has 0 unspecified atom stereocenters. The summed E-state index contributed by atoms with van der Waals surface area (Å²) in [5, 5.41) is 8.90. The van der Waals surface area contributed by atoms with Gasteiger partial charge in [0.2, 0.25) is 10.0 Å². The highest BCUT2D eigenvalue weighted by Crippen LogP contribution is 2.25. The third kappa shape index (κ3) is 2.86. The molecule has 0 atom stereocenters. The van der Waals surface area contributed by atoms with Gasteiger partial charge in [0.1, 0.15) is 10.6 Å². The topological polar surface area (TPSA) is 102 Å². The van der Waals surface area contributed by atoms with Crippen LogP contribution in [0.5, 0.6) is 5.75 Å². The van der Waals surface area contributed by atoms with Crippen molar-refractivity contribution in [3.63, 3.8) is 0 Å². The lowest BCUT2D eigenvalue weighted by Crippen LogP contribution is -2.48. The van der Waals surface area contributed by atoms with E-state index in [4.69, 9.17) is 14.6 Å². The molecular formula is C11H13NO6S. The molecule has 0 aromatic heterocycles. The summed E-state index contributed by atoms with van der Waals surface area (Å²) >= 11 is 0. The van der Waals surface area contributed by atoms with Gasteiger partial charge in [-0.15, -0.1) is 0 Å². The number of hydrogen-bond acceptors (Lipinski definition) is 5. The van der Waals surface area contributed by atoms with Crippen molar-refractivity contribution in [1.29, 1.82) is 0 Å². The summed E-state index contributed by atoms with van der Waals surface area (Å²) in [4.78, 5) is 10.7. The summed E-state index contributed by atoms with van der Waals surface area (Å²) in [6.07, 6.45) is 0. The Morgan fingerprint density at radius 1 is 1.47 bits per heavy atom. The molecule has 1 aliphatic heterocycles. The molecule has 0 bridgehead atoms. The summed E-state index contributed by atoms with van der Waals surface area (Å²) in [5.41, 5.74) is -0.119. The van der Waals surface area contributed by atoms with Crippen LogP contribution >= 0.6 is 0 Å². The maximum atomic E-state index is 12.2. The first-order chi connectivity index (χ1) is 8.94. The van der Waals surface area contributed by atoms with Crippen molar-refractivity contribution in [2.75, 3.05) is 20.3 Å². The molecule has 2 rings (SSSR count). The van der Waals surface area contributed by atoms with Crippen LogP contribution in [0.2, 0.25) is 0 Å². The zero-order chi connectivity index (χ0) is 14.0. The number of benzene rings is 1. The number of sulfonamides is 1. The lowest BCUT2D eigenvalue weighted by Gasteiger charge is -2.26. The van der Waals surface area contributed by atoms with Crippen molar-refractivity contribution < 1.29 is 27.8 Å². The summed E-state index contributed by atoms with van der Waals surface area (Å²) in [7, 11) is -2.52. The predicted molar refractivity (Wildman–Crippen MR) is 64.9 cm³/mol. The molecule has 0 spiro atoms. The number of aromatic carboxylic acids is 1. The van der Waals surface area contributed by atoms with E-state index in [0.29, 0.717) is 13.2 Å². The number of carbonyl (C=O) groups is 1. The van der Waals surface area contributed by atoms with Gasteiger partial charge in [0.15, 0.2) is 0 Å². The van der Waals surface area contributed by atoms with Crippen molar-refractivity contribution in [1.82, 2.24) is 4.72 Å². The second kappa shape index (κ2) is 5.16.